The lowest BCUT2D eigenvalue weighted by atomic mass is 10.0. The molecule has 64 valence electrons. The molecule has 0 saturated heterocycles. The monoisotopic (exact) mass is 166 g/mol. The van der Waals surface area contributed by atoms with Gasteiger partial charge in [0.15, 0.2) is 5.78 Å². The predicted molar refractivity (Wildman–Crippen MR) is 39.2 cm³/mol. The third-order valence-corrected chi connectivity index (χ3v) is 3.92. The Morgan fingerprint density at radius 1 is 1.50 bits per heavy atom. The van der Waals surface area contributed by atoms with Gasteiger partial charge < -0.3 is 4.74 Å². The highest BCUT2D eigenvalue weighted by molar-refractivity contribution is 6.13. The fourth-order valence-corrected chi connectivity index (χ4v) is 3.44. The highest BCUT2D eigenvalue weighted by Gasteiger charge is 2.84. The van der Waals surface area contributed by atoms with Crippen LogP contribution in [0.4, 0.5) is 0 Å². The lowest BCUT2D eigenvalue weighted by Crippen LogP contribution is -2.25. The second kappa shape index (κ2) is 1.58. The number of Topliss-reactive ketones (excluding diaryl/α,β-unsaturated/α-hetero) is 1. The molecule has 12 heavy (non-hydrogen) atoms. The van der Waals surface area contributed by atoms with E-state index >= 15 is 0 Å². The van der Waals surface area contributed by atoms with Crippen LogP contribution < -0.4 is 0 Å². The Morgan fingerprint density at radius 2 is 2.08 bits per heavy atom. The van der Waals surface area contributed by atoms with E-state index in [-0.39, 0.29) is 17.7 Å². The molecule has 4 rings (SSSR count). The number of hydrogen-bond donors (Lipinski definition) is 0. The number of carbonyl (C=O) groups is 2. The average molecular weight is 166 g/mol. The molecule has 3 nitrogen and oxygen atoms in total. The highest BCUT2D eigenvalue weighted by atomic mass is 16.5. The first-order valence-electron chi connectivity index (χ1n) is 4.35. The standard InChI is InChI=1S/C9H10O3/c1-12-8(11)9-5-2-4(7(9)10)3-6(5)9/h4-6H,2-3H2,1H3. The molecule has 0 aliphatic heterocycles. The van der Waals surface area contributed by atoms with Crippen molar-refractivity contribution in [3.8, 4) is 0 Å². The minimum Gasteiger partial charge on any atom is -0.468 e. The molecule has 0 aromatic carbocycles. The number of carbonyl (C=O) groups excluding carboxylic acids is 2. The van der Waals surface area contributed by atoms with Crippen LogP contribution in [-0.4, -0.2) is 18.9 Å². The van der Waals surface area contributed by atoms with Crippen LogP contribution in [0.25, 0.3) is 0 Å². The van der Waals surface area contributed by atoms with Crippen molar-refractivity contribution in [3.63, 3.8) is 0 Å². The Kier molecular flexibility index (Phi) is 0.875. The Balaban J connectivity index is 2.05. The van der Waals surface area contributed by atoms with Crippen molar-refractivity contribution in [2.75, 3.05) is 7.11 Å². The van der Waals surface area contributed by atoms with E-state index in [1.807, 2.05) is 0 Å². The summed E-state index contributed by atoms with van der Waals surface area (Å²) in [5.74, 6) is 0.788. The molecule has 2 unspecified atom stereocenters. The highest BCUT2D eigenvalue weighted by Crippen LogP contribution is 2.77. The number of ether oxygens (including phenoxy) is 1. The zero-order chi connectivity index (χ0) is 8.51. The second-order valence-corrected chi connectivity index (χ2v) is 4.11. The van der Waals surface area contributed by atoms with Crippen LogP contribution in [-0.2, 0) is 14.3 Å². The van der Waals surface area contributed by atoms with E-state index in [0.29, 0.717) is 11.8 Å². The van der Waals surface area contributed by atoms with Crippen LogP contribution in [0.2, 0.25) is 0 Å². The summed E-state index contributed by atoms with van der Waals surface area (Å²) in [6.07, 6.45) is 1.89. The largest absolute Gasteiger partial charge is 0.468 e. The summed E-state index contributed by atoms with van der Waals surface area (Å²) in [7, 11) is 1.37. The molecule has 4 aliphatic rings. The van der Waals surface area contributed by atoms with Crippen LogP contribution in [0.3, 0.4) is 0 Å². The molecule has 0 amide bonds. The summed E-state index contributed by atoms with van der Waals surface area (Å²) in [4.78, 5) is 23.0. The Labute approximate surface area is 70.1 Å². The van der Waals surface area contributed by atoms with Crippen molar-refractivity contribution in [1.29, 1.82) is 0 Å². The summed E-state index contributed by atoms with van der Waals surface area (Å²) in [6.45, 7) is 0. The van der Waals surface area contributed by atoms with Gasteiger partial charge in [0.05, 0.1) is 7.11 Å². The first-order valence-corrected chi connectivity index (χ1v) is 4.35. The van der Waals surface area contributed by atoms with Gasteiger partial charge in [0, 0.05) is 5.92 Å². The molecule has 4 saturated carbocycles. The predicted octanol–water partition coefficient (Wildman–Crippen LogP) is 0.384. The molecular formula is C9H10O3. The number of methoxy groups -OCH3 is 1. The summed E-state index contributed by atoms with van der Waals surface area (Å²) in [5.41, 5.74) is -0.639. The van der Waals surface area contributed by atoms with Gasteiger partial charge in [0.2, 0.25) is 0 Å². The Bertz CT molecular complexity index is 282. The molecule has 0 aromatic rings. The second-order valence-electron chi connectivity index (χ2n) is 4.11. The van der Waals surface area contributed by atoms with Crippen molar-refractivity contribution < 1.29 is 14.3 Å². The van der Waals surface area contributed by atoms with Crippen molar-refractivity contribution in [3.05, 3.63) is 0 Å². The van der Waals surface area contributed by atoms with Gasteiger partial charge in [0.25, 0.3) is 0 Å². The normalized spacial score (nSPS) is 52.8. The maximum absolute atomic E-state index is 11.6. The van der Waals surface area contributed by atoms with E-state index in [4.69, 9.17) is 0 Å². The number of esters is 1. The molecule has 4 fully saturated rings. The fraction of sp³-hybridized carbons (Fsp3) is 0.778. The molecule has 4 aliphatic carbocycles. The summed E-state index contributed by atoms with van der Waals surface area (Å²) >= 11 is 0. The topological polar surface area (TPSA) is 43.4 Å². The van der Waals surface area contributed by atoms with E-state index in [1.54, 1.807) is 0 Å². The molecule has 2 atom stereocenters. The minimum atomic E-state index is -0.639. The smallest absolute Gasteiger partial charge is 0.319 e. The lowest BCUT2D eigenvalue weighted by molar-refractivity contribution is -0.151. The van der Waals surface area contributed by atoms with Crippen LogP contribution in [0, 0.1) is 23.2 Å². The van der Waals surface area contributed by atoms with E-state index in [0.717, 1.165) is 12.8 Å². The SMILES string of the molecule is COC(=O)C12C(=O)C3CC1C2C3. The number of rotatable bonds is 1. The molecule has 3 heteroatoms. The summed E-state index contributed by atoms with van der Waals surface area (Å²) < 4.78 is 4.69. The van der Waals surface area contributed by atoms with E-state index < -0.39 is 5.41 Å². The molecule has 0 heterocycles. The maximum Gasteiger partial charge on any atom is 0.319 e. The zero-order valence-corrected chi connectivity index (χ0v) is 6.87. The van der Waals surface area contributed by atoms with Crippen molar-refractivity contribution in [2.45, 2.75) is 12.8 Å². The molecule has 0 N–H and O–H groups in total. The van der Waals surface area contributed by atoms with Crippen LogP contribution in [0.1, 0.15) is 12.8 Å². The van der Waals surface area contributed by atoms with E-state index in [1.165, 1.54) is 7.11 Å². The number of ketones is 1. The van der Waals surface area contributed by atoms with Gasteiger partial charge in [-0.1, -0.05) is 0 Å². The fourth-order valence-electron chi connectivity index (χ4n) is 3.44. The third-order valence-electron chi connectivity index (χ3n) is 3.92. The molecule has 0 spiro atoms. The van der Waals surface area contributed by atoms with Crippen LogP contribution in [0.15, 0.2) is 0 Å². The van der Waals surface area contributed by atoms with Gasteiger partial charge in [-0.3, -0.25) is 9.59 Å². The zero-order valence-electron chi connectivity index (χ0n) is 6.87. The maximum atomic E-state index is 11.6. The minimum absolute atomic E-state index is 0.171. The van der Waals surface area contributed by atoms with Gasteiger partial charge in [-0.25, -0.2) is 0 Å². The Hall–Kier alpha value is -0.860. The molecule has 4 bridgehead atoms. The molecule has 0 radical (unpaired) electrons. The van der Waals surface area contributed by atoms with Crippen molar-refractivity contribution in [2.24, 2.45) is 23.2 Å². The lowest BCUT2D eigenvalue weighted by Gasteiger charge is -2.05. The van der Waals surface area contributed by atoms with Crippen LogP contribution in [0.5, 0.6) is 0 Å². The summed E-state index contributed by atoms with van der Waals surface area (Å²) in [6, 6.07) is 0. The summed E-state index contributed by atoms with van der Waals surface area (Å²) in [5, 5.41) is 0. The third kappa shape index (κ3) is 0.395. The number of hydrogen-bond acceptors (Lipinski definition) is 3. The Morgan fingerprint density at radius 3 is 2.42 bits per heavy atom. The van der Waals surface area contributed by atoms with Gasteiger partial charge in [-0.2, -0.15) is 0 Å². The van der Waals surface area contributed by atoms with Gasteiger partial charge in [0.1, 0.15) is 5.41 Å². The van der Waals surface area contributed by atoms with E-state index in [2.05, 4.69) is 4.74 Å². The van der Waals surface area contributed by atoms with Crippen molar-refractivity contribution in [1.82, 2.24) is 0 Å². The van der Waals surface area contributed by atoms with Crippen molar-refractivity contribution >= 4 is 11.8 Å². The van der Waals surface area contributed by atoms with Gasteiger partial charge in [-0.15, -0.1) is 0 Å². The molecule has 0 aromatic heterocycles. The average Bonchev–Trinajstić information content (AvgIpc) is 2.46. The van der Waals surface area contributed by atoms with Gasteiger partial charge in [-0.05, 0) is 24.7 Å². The first-order chi connectivity index (χ1) is 5.72. The first kappa shape index (κ1) is 6.63. The quantitative estimate of drug-likeness (QED) is 0.418. The van der Waals surface area contributed by atoms with Crippen LogP contribution >= 0.6 is 0 Å². The van der Waals surface area contributed by atoms with Gasteiger partial charge >= 0.3 is 5.97 Å². The van der Waals surface area contributed by atoms with E-state index in [9.17, 15) is 9.59 Å². The molecular weight excluding hydrogens is 156 g/mol.